The molecule has 29 heavy (non-hydrogen) atoms. The molecule has 7 heteroatoms. The van der Waals surface area contributed by atoms with Crippen molar-refractivity contribution in [2.24, 2.45) is 5.92 Å². The molecule has 1 N–H and O–H groups in total. The minimum atomic E-state index is -0.267. The number of amides is 1. The Morgan fingerprint density at radius 1 is 1.21 bits per heavy atom. The Bertz CT molecular complexity index is 924. The summed E-state index contributed by atoms with van der Waals surface area (Å²) in [5.74, 6) is 1.66. The minimum absolute atomic E-state index is 0.155. The van der Waals surface area contributed by atoms with Gasteiger partial charge >= 0.3 is 0 Å². The van der Waals surface area contributed by atoms with Crippen molar-refractivity contribution in [1.82, 2.24) is 5.32 Å². The predicted octanol–water partition coefficient (Wildman–Crippen LogP) is 4.27. The number of halogens is 1. The van der Waals surface area contributed by atoms with Crippen LogP contribution >= 0.6 is 11.6 Å². The monoisotopic (exact) mass is 414 g/mol. The first kappa shape index (κ1) is 20.8. The highest BCUT2D eigenvalue weighted by Crippen LogP contribution is 2.34. The van der Waals surface area contributed by atoms with Crippen LogP contribution in [0.15, 0.2) is 36.4 Å². The number of hydrogen-bond acceptors (Lipinski definition) is 5. The first-order chi connectivity index (χ1) is 14.0. The van der Waals surface area contributed by atoms with E-state index in [0.29, 0.717) is 35.3 Å². The lowest BCUT2D eigenvalue weighted by atomic mass is 9.95. The summed E-state index contributed by atoms with van der Waals surface area (Å²) in [5, 5.41) is 12.2. The number of nitriles is 1. The third kappa shape index (κ3) is 5.33. The Kier molecular flexibility index (Phi) is 6.84. The molecule has 152 valence electrons. The first-order valence-electron chi connectivity index (χ1n) is 9.49. The van der Waals surface area contributed by atoms with Gasteiger partial charge in [0.25, 0.3) is 5.91 Å². The van der Waals surface area contributed by atoms with Crippen LogP contribution < -0.4 is 19.5 Å². The maximum Gasteiger partial charge on any atom is 0.258 e. The van der Waals surface area contributed by atoms with Crippen molar-refractivity contribution in [1.29, 1.82) is 5.26 Å². The summed E-state index contributed by atoms with van der Waals surface area (Å²) in [6.45, 7) is 5.12. The maximum atomic E-state index is 12.5. The molecule has 2 aromatic rings. The molecule has 0 unspecified atom stereocenters. The quantitative estimate of drug-likeness (QED) is 0.763. The Hall–Kier alpha value is -2.91. The summed E-state index contributed by atoms with van der Waals surface area (Å²) in [6, 6.07) is 12.2. The van der Waals surface area contributed by atoms with Gasteiger partial charge in [-0.1, -0.05) is 31.5 Å². The van der Waals surface area contributed by atoms with E-state index in [0.717, 1.165) is 17.7 Å². The van der Waals surface area contributed by atoms with Crippen molar-refractivity contribution in [2.45, 2.75) is 26.3 Å². The van der Waals surface area contributed by atoms with E-state index in [4.69, 9.17) is 31.1 Å². The van der Waals surface area contributed by atoms with E-state index in [1.54, 1.807) is 12.1 Å². The largest absolute Gasteiger partial charge is 0.490 e. The molecule has 0 spiro atoms. The number of ether oxygens (including phenoxy) is 3. The number of fused-ring (bicyclic) bond motifs is 1. The smallest absolute Gasteiger partial charge is 0.258 e. The van der Waals surface area contributed by atoms with Gasteiger partial charge < -0.3 is 19.5 Å². The third-order valence-electron chi connectivity index (χ3n) is 4.53. The summed E-state index contributed by atoms with van der Waals surface area (Å²) in [6.07, 6.45) is 0.837. The van der Waals surface area contributed by atoms with E-state index in [1.165, 1.54) is 6.07 Å². The molecule has 0 fully saturated rings. The van der Waals surface area contributed by atoms with E-state index in [9.17, 15) is 4.79 Å². The van der Waals surface area contributed by atoms with Gasteiger partial charge in [0.15, 0.2) is 18.1 Å². The fourth-order valence-corrected chi connectivity index (χ4v) is 3.29. The van der Waals surface area contributed by atoms with E-state index in [1.807, 2.05) is 38.1 Å². The van der Waals surface area contributed by atoms with Crippen LogP contribution in [0.2, 0.25) is 5.02 Å². The molecule has 0 saturated heterocycles. The zero-order chi connectivity index (χ0) is 20.8. The Morgan fingerprint density at radius 3 is 2.66 bits per heavy atom. The van der Waals surface area contributed by atoms with Crippen LogP contribution in [-0.4, -0.2) is 25.7 Å². The molecule has 1 aliphatic rings. The zero-order valence-corrected chi connectivity index (χ0v) is 17.2. The normalized spacial score (nSPS) is 13.9. The molecule has 0 aliphatic carbocycles. The molecular weight excluding hydrogens is 392 g/mol. The van der Waals surface area contributed by atoms with Gasteiger partial charge in [-0.2, -0.15) is 5.26 Å². The van der Waals surface area contributed by atoms with Gasteiger partial charge in [-0.3, -0.25) is 4.79 Å². The average Bonchev–Trinajstić information content (AvgIpc) is 2.95. The minimum Gasteiger partial charge on any atom is -0.490 e. The fraction of sp³-hybridized carbons (Fsp3) is 0.364. The van der Waals surface area contributed by atoms with Crippen molar-refractivity contribution < 1.29 is 19.0 Å². The molecule has 0 aromatic heterocycles. The molecule has 1 amide bonds. The lowest BCUT2D eigenvalue weighted by Crippen LogP contribution is -2.35. The molecular formula is C22H23ClN2O4. The number of rotatable bonds is 6. The Labute approximate surface area is 175 Å². The molecule has 1 atom stereocenters. The second kappa shape index (κ2) is 9.53. The van der Waals surface area contributed by atoms with Crippen LogP contribution in [0.25, 0.3) is 0 Å². The first-order valence-corrected chi connectivity index (χ1v) is 9.87. The summed E-state index contributed by atoms with van der Waals surface area (Å²) in [4.78, 5) is 12.5. The summed E-state index contributed by atoms with van der Waals surface area (Å²) >= 11 is 6.09. The number of carbonyl (C=O) groups excluding carboxylic acids is 1. The van der Waals surface area contributed by atoms with Crippen LogP contribution in [0.3, 0.4) is 0 Å². The second-order valence-electron chi connectivity index (χ2n) is 7.09. The van der Waals surface area contributed by atoms with Crippen molar-refractivity contribution >= 4 is 17.5 Å². The van der Waals surface area contributed by atoms with Crippen LogP contribution in [0.1, 0.15) is 37.4 Å². The average molecular weight is 415 g/mol. The van der Waals surface area contributed by atoms with Crippen LogP contribution in [0.5, 0.6) is 17.2 Å². The highest BCUT2D eigenvalue weighted by Gasteiger charge is 2.21. The van der Waals surface area contributed by atoms with E-state index < -0.39 is 0 Å². The van der Waals surface area contributed by atoms with Gasteiger partial charge in [-0.15, -0.1) is 0 Å². The van der Waals surface area contributed by atoms with Gasteiger partial charge in [0, 0.05) is 6.42 Å². The fourth-order valence-electron chi connectivity index (χ4n) is 3.05. The van der Waals surface area contributed by atoms with Crippen LogP contribution in [0, 0.1) is 17.2 Å². The van der Waals surface area contributed by atoms with Gasteiger partial charge in [0.05, 0.1) is 35.9 Å². The SMILES string of the molecule is CC(C)[C@H](NC(=O)COc1ccc(C#N)cc1Cl)c1ccc2c(c1)OCCCO2. The van der Waals surface area contributed by atoms with Crippen molar-refractivity contribution in [2.75, 3.05) is 19.8 Å². The van der Waals surface area contributed by atoms with Crippen molar-refractivity contribution in [3.8, 4) is 23.3 Å². The lowest BCUT2D eigenvalue weighted by molar-refractivity contribution is -0.124. The second-order valence-corrected chi connectivity index (χ2v) is 7.50. The molecule has 6 nitrogen and oxygen atoms in total. The van der Waals surface area contributed by atoms with Crippen LogP contribution in [-0.2, 0) is 4.79 Å². The van der Waals surface area contributed by atoms with E-state index >= 15 is 0 Å². The Morgan fingerprint density at radius 2 is 1.97 bits per heavy atom. The highest BCUT2D eigenvalue weighted by atomic mass is 35.5. The number of hydrogen-bond donors (Lipinski definition) is 1. The number of nitrogens with zero attached hydrogens (tertiary/aromatic N) is 1. The number of benzene rings is 2. The topological polar surface area (TPSA) is 80.6 Å². The Balaban J connectivity index is 1.67. The van der Waals surface area contributed by atoms with Gasteiger partial charge in [0.1, 0.15) is 5.75 Å². The van der Waals surface area contributed by atoms with E-state index in [2.05, 4.69) is 5.32 Å². The molecule has 1 aliphatic heterocycles. The molecule has 1 heterocycles. The molecule has 0 bridgehead atoms. The molecule has 0 radical (unpaired) electrons. The third-order valence-corrected chi connectivity index (χ3v) is 4.83. The number of nitrogens with one attached hydrogen (secondary N) is 1. The van der Waals surface area contributed by atoms with Crippen LogP contribution in [0.4, 0.5) is 0 Å². The molecule has 3 rings (SSSR count). The summed E-state index contributed by atoms with van der Waals surface area (Å²) in [7, 11) is 0. The maximum absolute atomic E-state index is 12.5. The summed E-state index contributed by atoms with van der Waals surface area (Å²) < 4.78 is 17.0. The molecule has 0 saturated carbocycles. The van der Waals surface area contributed by atoms with Gasteiger partial charge in [-0.05, 0) is 41.8 Å². The van der Waals surface area contributed by atoms with Crippen molar-refractivity contribution in [3.05, 3.63) is 52.5 Å². The molecule has 2 aromatic carbocycles. The predicted molar refractivity (Wildman–Crippen MR) is 109 cm³/mol. The standard InChI is InChI=1S/C22H23ClN2O4/c1-14(2)22(16-5-7-19-20(11-16)28-9-3-8-27-19)25-21(26)13-29-18-6-4-15(12-24)10-17(18)23/h4-7,10-11,14,22H,3,8-9,13H2,1-2H3,(H,25,26)/t22-/m0/s1. The van der Waals surface area contributed by atoms with Gasteiger partial charge in [0.2, 0.25) is 0 Å². The van der Waals surface area contributed by atoms with E-state index in [-0.39, 0.29) is 24.5 Å². The van der Waals surface area contributed by atoms with Gasteiger partial charge in [-0.25, -0.2) is 0 Å². The lowest BCUT2D eigenvalue weighted by Gasteiger charge is -2.24. The summed E-state index contributed by atoms with van der Waals surface area (Å²) in [5.41, 5.74) is 1.37. The zero-order valence-electron chi connectivity index (χ0n) is 16.4. The number of carbonyl (C=O) groups is 1. The highest BCUT2D eigenvalue weighted by molar-refractivity contribution is 6.32. The van der Waals surface area contributed by atoms with Crippen molar-refractivity contribution in [3.63, 3.8) is 0 Å².